The minimum atomic E-state index is -2.82. The van der Waals surface area contributed by atoms with Gasteiger partial charge in [0, 0.05) is 0 Å². The maximum Gasteiger partial charge on any atom is 0.342 e. The van der Waals surface area contributed by atoms with Crippen LogP contribution in [0.2, 0.25) is 0 Å². The number of halogens is 2. The highest BCUT2D eigenvalue weighted by molar-refractivity contribution is 5.98. The Hall–Kier alpha value is -3.48. The first-order valence-corrected chi connectivity index (χ1v) is 8.17. The van der Waals surface area contributed by atoms with E-state index in [4.69, 9.17) is 4.74 Å². The molecule has 4 rings (SSSR count). The van der Waals surface area contributed by atoms with Gasteiger partial charge in [-0.15, -0.1) is 0 Å². The molecular formula is C20H14F2N2O3. The summed E-state index contributed by atoms with van der Waals surface area (Å²) in [5.41, 5.74) is 0.609. The summed E-state index contributed by atoms with van der Waals surface area (Å²) in [7, 11) is 0. The van der Waals surface area contributed by atoms with E-state index in [0.29, 0.717) is 5.52 Å². The van der Waals surface area contributed by atoms with Gasteiger partial charge in [-0.2, -0.15) is 8.78 Å². The number of rotatable bonds is 4. The summed E-state index contributed by atoms with van der Waals surface area (Å²) in [6, 6.07) is 16.6. The topological polar surface area (TPSA) is 64.3 Å². The van der Waals surface area contributed by atoms with Gasteiger partial charge in [-0.25, -0.2) is 9.78 Å². The van der Waals surface area contributed by atoms with Crippen molar-refractivity contribution in [3.05, 3.63) is 72.1 Å². The molecule has 0 unspecified atom stereocenters. The van der Waals surface area contributed by atoms with E-state index in [0.717, 1.165) is 15.3 Å². The van der Waals surface area contributed by atoms with Crippen LogP contribution in [0.15, 0.2) is 60.7 Å². The Labute approximate surface area is 152 Å². The number of hydrogen-bond acceptors (Lipinski definition) is 4. The number of carbonyl (C=O) groups excluding carboxylic acids is 1. The second-order valence-corrected chi connectivity index (χ2v) is 5.96. The summed E-state index contributed by atoms with van der Waals surface area (Å²) in [5, 5.41) is 11.6. The third kappa shape index (κ3) is 3.08. The summed E-state index contributed by atoms with van der Waals surface area (Å²) >= 11 is 0. The number of aromatic nitrogens is 2. The molecule has 1 heterocycles. The first kappa shape index (κ1) is 17.0. The average Bonchev–Trinajstić information content (AvgIpc) is 3.04. The van der Waals surface area contributed by atoms with Gasteiger partial charge in [0.05, 0.1) is 11.0 Å². The molecule has 0 aliphatic rings. The van der Waals surface area contributed by atoms with Gasteiger partial charge in [-0.3, -0.25) is 4.57 Å². The fourth-order valence-electron chi connectivity index (χ4n) is 3.01. The third-order valence-corrected chi connectivity index (χ3v) is 4.28. The summed E-state index contributed by atoms with van der Waals surface area (Å²) in [6.45, 7) is -3.26. The van der Waals surface area contributed by atoms with Crippen molar-refractivity contribution in [2.24, 2.45) is 0 Å². The molecule has 0 bridgehead atoms. The van der Waals surface area contributed by atoms with Gasteiger partial charge in [0.15, 0.2) is 5.82 Å². The van der Waals surface area contributed by atoms with Gasteiger partial charge >= 0.3 is 12.5 Å². The number of aromatic hydroxyl groups is 1. The van der Waals surface area contributed by atoms with Gasteiger partial charge < -0.3 is 9.84 Å². The maximum absolute atomic E-state index is 13.4. The monoisotopic (exact) mass is 368 g/mol. The molecule has 0 radical (unpaired) electrons. The molecule has 1 N–H and O–H groups in total. The van der Waals surface area contributed by atoms with E-state index < -0.39 is 19.1 Å². The van der Waals surface area contributed by atoms with Crippen LogP contribution in [-0.2, 0) is 11.3 Å². The predicted octanol–water partition coefficient (Wildman–Crippen LogP) is 4.65. The van der Waals surface area contributed by atoms with Crippen molar-refractivity contribution < 1.29 is 23.4 Å². The number of fused-ring (bicyclic) bond motifs is 2. The molecule has 136 valence electrons. The molecule has 5 nitrogen and oxygen atoms in total. The van der Waals surface area contributed by atoms with E-state index in [1.807, 2.05) is 6.07 Å². The van der Waals surface area contributed by atoms with Crippen LogP contribution in [0.3, 0.4) is 0 Å². The Morgan fingerprint density at radius 1 is 1.07 bits per heavy atom. The minimum absolute atomic E-state index is 0.0339. The number of alkyl halides is 2. The molecule has 0 atom stereocenters. The van der Waals surface area contributed by atoms with Crippen LogP contribution < -0.4 is 0 Å². The highest BCUT2D eigenvalue weighted by Gasteiger charge is 2.20. The Morgan fingerprint density at radius 3 is 2.48 bits per heavy atom. The third-order valence-electron chi connectivity index (χ3n) is 4.28. The number of hydrogen-bond donors (Lipinski definition) is 1. The number of para-hydroxylation sites is 2. The lowest BCUT2D eigenvalue weighted by molar-refractivity contribution is 0.0385. The van der Waals surface area contributed by atoms with Gasteiger partial charge in [-0.05, 0) is 35.0 Å². The smallest absolute Gasteiger partial charge is 0.342 e. The SMILES string of the molecule is O=C(OCc1nc2ccccc2n1C(F)F)c1cc2ccccc2cc1O. The molecule has 0 saturated heterocycles. The van der Waals surface area contributed by atoms with E-state index in [1.54, 1.807) is 36.4 Å². The summed E-state index contributed by atoms with van der Waals surface area (Å²) in [5.74, 6) is -1.12. The number of esters is 1. The zero-order chi connectivity index (χ0) is 19.0. The first-order valence-electron chi connectivity index (χ1n) is 8.17. The number of benzene rings is 3. The van der Waals surface area contributed by atoms with E-state index in [-0.39, 0.29) is 22.7 Å². The number of imidazole rings is 1. The molecule has 0 aliphatic heterocycles. The predicted molar refractivity (Wildman–Crippen MR) is 95.7 cm³/mol. The number of carbonyl (C=O) groups is 1. The van der Waals surface area contributed by atoms with Crippen molar-refractivity contribution in [1.82, 2.24) is 9.55 Å². The Morgan fingerprint density at radius 2 is 1.74 bits per heavy atom. The first-order chi connectivity index (χ1) is 13.0. The minimum Gasteiger partial charge on any atom is -0.507 e. The highest BCUT2D eigenvalue weighted by Crippen LogP contribution is 2.27. The number of phenolic OH excluding ortho intramolecular Hbond substituents is 1. The molecule has 0 spiro atoms. The fourth-order valence-corrected chi connectivity index (χ4v) is 3.01. The normalized spacial score (nSPS) is 11.4. The van der Waals surface area contributed by atoms with Crippen molar-refractivity contribution in [3.63, 3.8) is 0 Å². The van der Waals surface area contributed by atoms with Gasteiger partial charge in [0.2, 0.25) is 0 Å². The van der Waals surface area contributed by atoms with Crippen molar-refractivity contribution in [2.45, 2.75) is 13.2 Å². The molecule has 3 aromatic carbocycles. The molecule has 1 aromatic heterocycles. The largest absolute Gasteiger partial charge is 0.507 e. The second-order valence-electron chi connectivity index (χ2n) is 5.96. The number of ether oxygens (including phenoxy) is 1. The zero-order valence-electron chi connectivity index (χ0n) is 14.0. The quantitative estimate of drug-likeness (QED) is 0.533. The van der Waals surface area contributed by atoms with Crippen LogP contribution in [0.4, 0.5) is 8.78 Å². The molecule has 27 heavy (non-hydrogen) atoms. The van der Waals surface area contributed by atoms with Gasteiger partial charge in [0.25, 0.3) is 0 Å². The van der Waals surface area contributed by atoms with Crippen molar-refractivity contribution in [3.8, 4) is 5.75 Å². The van der Waals surface area contributed by atoms with Crippen molar-refractivity contribution in [2.75, 3.05) is 0 Å². The van der Waals surface area contributed by atoms with E-state index in [9.17, 15) is 18.7 Å². The lowest BCUT2D eigenvalue weighted by atomic mass is 10.1. The Kier molecular flexibility index (Phi) is 4.19. The van der Waals surface area contributed by atoms with Crippen LogP contribution in [0.1, 0.15) is 22.7 Å². The standard InChI is InChI=1S/C20H14F2N2O3/c21-20(22)24-16-8-4-3-7-15(16)23-18(24)11-27-19(26)14-9-12-5-1-2-6-13(12)10-17(14)25/h1-10,20,25H,11H2. The van der Waals surface area contributed by atoms with Crippen LogP contribution in [0.25, 0.3) is 21.8 Å². The zero-order valence-corrected chi connectivity index (χ0v) is 14.0. The van der Waals surface area contributed by atoms with Crippen LogP contribution in [0.5, 0.6) is 5.75 Å². The Balaban J connectivity index is 1.62. The fraction of sp³-hybridized carbons (Fsp3) is 0.100. The average molecular weight is 368 g/mol. The highest BCUT2D eigenvalue weighted by atomic mass is 19.3. The lowest BCUT2D eigenvalue weighted by Crippen LogP contribution is -2.11. The lowest BCUT2D eigenvalue weighted by Gasteiger charge is -2.10. The van der Waals surface area contributed by atoms with Gasteiger partial charge in [-0.1, -0.05) is 36.4 Å². The van der Waals surface area contributed by atoms with E-state index in [2.05, 4.69) is 4.98 Å². The molecule has 7 heteroatoms. The molecule has 4 aromatic rings. The number of nitrogens with zero attached hydrogens (tertiary/aromatic N) is 2. The molecule has 0 saturated carbocycles. The summed E-state index contributed by atoms with van der Waals surface area (Å²) in [6.07, 6.45) is 0. The van der Waals surface area contributed by atoms with Crippen LogP contribution in [0, 0.1) is 0 Å². The Bertz CT molecular complexity index is 1150. The summed E-state index contributed by atoms with van der Waals surface area (Å²) in [4.78, 5) is 16.5. The van der Waals surface area contributed by atoms with E-state index in [1.165, 1.54) is 18.2 Å². The molecule has 0 aliphatic carbocycles. The van der Waals surface area contributed by atoms with E-state index >= 15 is 0 Å². The van der Waals surface area contributed by atoms with Gasteiger partial charge in [0.1, 0.15) is 17.9 Å². The van der Waals surface area contributed by atoms with Crippen LogP contribution in [-0.4, -0.2) is 20.6 Å². The molecule has 0 fully saturated rings. The van der Waals surface area contributed by atoms with Crippen molar-refractivity contribution in [1.29, 1.82) is 0 Å². The van der Waals surface area contributed by atoms with Crippen LogP contribution >= 0.6 is 0 Å². The van der Waals surface area contributed by atoms with Crippen molar-refractivity contribution >= 4 is 27.8 Å². The molecule has 0 amide bonds. The maximum atomic E-state index is 13.4. The second kappa shape index (κ2) is 6.68. The molecular weight excluding hydrogens is 354 g/mol. The summed E-state index contributed by atoms with van der Waals surface area (Å²) < 4.78 is 32.7. The number of phenols is 1.